The fourth-order valence-electron chi connectivity index (χ4n) is 3.64. The predicted octanol–water partition coefficient (Wildman–Crippen LogP) is 5.10. The molecule has 2 aromatic carbocycles. The molecule has 8 heteroatoms. The number of halogens is 3. The number of carbonyl (C=O) groups is 1. The fourth-order valence-corrected chi connectivity index (χ4v) is 3.77. The van der Waals surface area contributed by atoms with Crippen molar-refractivity contribution in [3.05, 3.63) is 71.3 Å². The minimum Gasteiger partial charge on any atom is -0.464 e. The van der Waals surface area contributed by atoms with E-state index in [-0.39, 0.29) is 37.4 Å². The molecular formula is C25H33Cl3N2O3. The van der Waals surface area contributed by atoms with Gasteiger partial charge < -0.3 is 9.47 Å². The number of rotatable bonds is 10. The molecule has 1 fully saturated rings. The lowest BCUT2D eigenvalue weighted by atomic mass is 9.99. The molecule has 5 nitrogen and oxygen atoms in total. The van der Waals surface area contributed by atoms with Crippen LogP contribution in [0.15, 0.2) is 60.7 Å². The summed E-state index contributed by atoms with van der Waals surface area (Å²) in [7, 11) is 0. The third kappa shape index (κ3) is 10.0. The zero-order chi connectivity index (χ0) is 21.9. The predicted molar refractivity (Wildman–Crippen MR) is 140 cm³/mol. The van der Waals surface area contributed by atoms with E-state index in [0.29, 0.717) is 13.2 Å². The lowest BCUT2D eigenvalue weighted by molar-refractivity contribution is -0.147. The highest BCUT2D eigenvalue weighted by Gasteiger charge is 2.17. The summed E-state index contributed by atoms with van der Waals surface area (Å²) in [6.45, 7) is 8.63. The first kappa shape index (κ1) is 29.4. The van der Waals surface area contributed by atoms with Gasteiger partial charge in [0.2, 0.25) is 0 Å². The van der Waals surface area contributed by atoms with Gasteiger partial charge in [0.1, 0.15) is 6.61 Å². The van der Waals surface area contributed by atoms with E-state index in [0.717, 1.165) is 44.3 Å². The van der Waals surface area contributed by atoms with Gasteiger partial charge in [-0.2, -0.15) is 0 Å². The lowest BCUT2D eigenvalue weighted by Gasteiger charge is -2.34. The molecule has 33 heavy (non-hydrogen) atoms. The third-order valence-electron chi connectivity index (χ3n) is 5.30. The molecule has 0 N–H and O–H groups in total. The fraction of sp³-hybridized carbons (Fsp3) is 0.400. The average molecular weight is 516 g/mol. The summed E-state index contributed by atoms with van der Waals surface area (Å²) in [5.74, 6) is -0.315. The number of nitrogens with zero attached hydrogens (tertiary/aromatic N) is 2. The number of carbonyl (C=O) groups excluding carboxylic acids is 1. The highest BCUT2D eigenvalue weighted by molar-refractivity contribution is 6.30. The normalized spacial score (nSPS) is 14.5. The van der Waals surface area contributed by atoms with Crippen molar-refractivity contribution in [2.75, 3.05) is 52.5 Å². The maximum absolute atomic E-state index is 11.2. The Hall–Kier alpha value is -1.60. The minimum atomic E-state index is -0.315. The van der Waals surface area contributed by atoms with Crippen LogP contribution >= 0.6 is 36.4 Å². The maximum atomic E-state index is 11.2. The monoisotopic (exact) mass is 514 g/mol. The van der Waals surface area contributed by atoms with E-state index in [1.54, 1.807) is 6.92 Å². The Morgan fingerprint density at radius 2 is 1.64 bits per heavy atom. The lowest BCUT2D eigenvalue weighted by Crippen LogP contribution is -2.45. The highest BCUT2D eigenvalue weighted by atomic mass is 35.5. The Kier molecular flexibility index (Phi) is 14.4. The van der Waals surface area contributed by atoms with Gasteiger partial charge >= 0.3 is 5.97 Å². The molecule has 0 unspecified atom stereocenters. The van der Waals surface area contributed by atoms with E-state index in [2.05, 4.69) is 52.3 Å². The Labute approximate surface area is 214 Å². The summed E-state index contributed by atoms with van der Waals surface area (Å²) >= 11 is 6.05. The largest absolute Gasteiger partial charge is 0.464 e. The first-order valence-electron chi connectivity index (χ1n) is 10.8. The molecule has 3 rings (SSSR count). The van der Waals surface area contributed by atoms with Gasteiger partial charge in [-0.05, 0) is 35.7 Å². The van der Waals surface area contributed by atoms with Crippen LogP contribution in [0.3, 0.4) is 0 Å². The topological polar surface area (TPSA) is 42.0 Å². The van der Waals surface area contributed by atoms with Crippen LogP contribution in [0.5, 0.6) is 0 Å². The zero-order valence-electron chi connectivity index (χ0n) is 19.0. The molecule has 2 aromatic rings. The summed E-state index contributed by atoms with van der Waals surface area (Å²) in [6, 6.07) is 16.7. The molecule has 0 amide bonds. The molecule has 0 atom stereocenters. The first-order valence-corrected chi connectivity index (χ1v) is 11.2. The summed E-state index contributed by atoms with van der Waals surface area (Å²) in [6.07, 6.45) is 4.07. The number of esters is 1. The number of benzene rings is 2. The second-order valence-electron chi connectivity index (χ2n) is 7.53. The smallest absolute Gasteiger partial charge is 0.332 e. The van der Waals surface area contributed by atoms with Gasteiger partial charge in [0.25, 0.3) is 0 Å². The van der Waals surface area contributed by atoms with Crippen molar-refractivity contribution >= 4 is 42.4 Å². The van der Waals surface area contributed by atoms with Crippen molar-refractivity contribution in [1.29, 1.82) is 0 Å². The van der Waals surface area contributed by atoms with Crippen LogP contribution in [0.25, 0.3) is 11.1 Å². The molecule has 1 aliphatic heterocycles. The van der Waals surface area contributed by atoms with Crippen molar-refractivity contribution < 1.29 is 14.3 Å². The van der Waals surface area contributed by atoms with Crippen molar-refractivity contribution in [3.8, 4) is 11.1 Å². The molecule has 1 saturated heterocycles. The summed E-state index contributed by atoms with van der Waals surface area (Å²) in [4.78, 5) is 16.2. The molecule has 1 heterocycles. The van der Waals surface area contributed by atoms with Crippen LogP contribution in [0.1, 0.15) is 12.5 Å². The van der Waals surface area contributed by atoms with Crippen LogP contribution in [0.4, 0.5) is 0 Å². The summed E-state index contributed by atoms with van der Waals surface area (Å²) < 4.78 is 10.1. The van der Waals surface area contributed by atoms with Crippen LogP contribution in [0.2, 0.25) is 5.02 Å². The molecular weight excluding hydrogens is 483 g/mol. The SMILES string of the molecule is CCOC(=O)COCC=CCN1CCN(Cc2ccccc2-c2ccc(Cl)cc2)CC1.Cl.Cl. The Morgan fingerprint density at radius 1 is 0.970 bits per heavy atom. The minimum absolute atomic E-state index is 0. The zero-order valence-corrected chi connectivity index (χ0v) is 21.3. The molecule has 0 aromatic heterocycles. The van der Waals surface area contributed by atoms with Crippen molar-refractivity contribution in [3.63, 3.8) is 0 Å². The quantitative estimate of drug-likeness (QED) is 0.250. The second-order valence-corrected chi connectivity index (χ2v) is 7.97. The molecule has 0 aliphatic carbocycles. The Balaban J connectivity index is 0.00000272. The first-order chi connectivity index (χ1) is 15.2. The van der Waals surface area contributed by atoms with Crippen LogP contribution in [-0.2, 0) is 20.8 Å². The van der Waals surface area contributed by atoms with E-state index >= 15 is 0 Å². The summed E-state index contributed by atoms with van der Waals surface area (Å²) in [5.41, 5.74) is 3.82. The Morgan fingerprint density at radius 3 is 2.33 bits per heavy atom. The summed E-state index contributed by atoms with van der Waals surface area (Å²) in [5, 5.41) is 0.761. The van der Waals surface area contributed by atoms with Crippen LogP contribution < -0.4 is 0 Å². The number of ether oxygens (including phenoxy) is 2. The average Bonchev–Trinajstić information content (AvgIpc) is 2.78. The Bertz CT molecular complexity index is 854. The van der Waals surface area contributed by atoms with Crippen molar-refractivity contribution in [2.45, 2.75) is 13.5 Å². The van der Waals surface area contributed by atoms with Crippen molar-refractivity contribution in [2.24, 2.45) is 0 Å². The van der Waals surface area contributed by atoms with E-state index in [9.17, 15) is 4.79 Å². The molecule has 0 spiro atoms. The highest BCUT2D eigenvalue weighted by Crippen LogP contribution is 2.26. The van der Waals surface area contributed by atoms with E-state index in [1.165, 1.54) is 16.7 Å². The van der Waals surface area contributed by atoms with E-state index in [4.69, 9.17) is 21.1 Å². The van der Waals surface area contributed by atoms with E-state index < -0.39 is 0 Å². The van der Waals surface area contributed by atoms with Crippen molar-refractivity contribution in [1.82, 2.24) is 9.80 Å². The van der Waals surface area contributed by atoms with E-state index in [1.807, 2.05) is 18.2 Å². The number of hydrogen-bond donors (Lipinski definition) is 0. The molecule has 0 bridgehead atoms. The van der Waals surface area contributed by atoms with Gasteiger partial charge in [-0.3, -0.25) is 9.80 Å². The van der Waals surface area contributed by atoms with Gasteiger partial charge in [-0.25, -0.2) is 4.79 Å². The van der Waals surface area contributed by atoms with Gasteiger partial charge in [-0.15, -0.1) is 24.8 Å². The molecule has 182 valence electrons. The molecule has 0 radical (unpaired) electrons. The molecule has 0 saturated carbocycles. The van der Waals surface area contributed by atoms with Gasteiger partial charge in [0.15, 0.2) is 0 Å². The van der Waals surface area contributed by atoms with Crippen LogP contribution in [-0.4, -0.2) is 68.3 Å². The van der Waals surface area contributed by atoms with Crippen LogP contribution in [0, 0.1) is 0 Å². The second kappa shape index (κ2) is 16.1. The third-order valence-corrected chi connectivity index (χ3v) is 5.55. The standard InChI is InChI=1S/C25H31ClN2O3.2ClH/c1-2-31-25(29)20-30-18-6-5-13-27-14-16-28(17-15-27)19-22-7-3-4-8-24(22)21-9-11-23(26)12-10-21;;/h3-12H,2,13-20H2,1H3;2*1H. The molecule has 1 aliphatic rings. The van der Waals surface area contributed by atoms with Gasteiger partial charge in [0, 0.05) is 44.3 Å². The number of hydrogen-bond acceptors (Lipinski definition) is 5. The van der Waals surface area contributed by atoms with Gasteiger partial charge in [-0.1, -0.05) is 60.2 Å². The number of piperazine rings is 1. The maximum Gasteiger partial charge on any atom is 0.332 e. The van der Waals surface area contributed by atoms with Gasteiger partial charge in [0.05, 0.1) is 13.2 Å².